The van der Waals surface area contributed by atoms with E-state index in [9.17, 15) is 4.79 Å². The summed E-state index contributed by atoms with van der Waals surface area (Å²) in [4.78, 5) is 18.7. The van der Waals surface area contributed by atoms with Crippen LogP contribution in [0.1, 0.15) is 10.4 Å². The first-order valence-corrected chi connectivity index (χ1v) is 7.97. The Morgan fingerprint density at radius 1 is 1.23 bits per heavy atom. The molecule has 1 saturated heterocycles. The molecule has 0 spiro atoms. The second kappa shape index (κ2) is 6.31. The molecule has 0 aliphatic carbocycles. The average Bonchev–Trinajstić information content (AvgIpc) is 3.09. The van der Waals surface area contributed by atoms with Gasteiger partial charge in [0.25, 0.3) is 5.91 Å². The Bertz CT molecular complexity index is 635. The number of hydrogen-bond acceptors (Lipinski definition) is 6. The fourth-order valence-electron chi connectivity index (χ4n) is 2.54. The molecule has 1 aromatic heterocycles. The van der Waals surface area contributed by atoms with Crippen molar-refractivity contribution < 1.29 is 4.79 Å². The number of piperazine rings is 1. The van der Waals surface area contributed by atoms with Crippen LogP contribution in [0, 0.1) is 0 Å². The first-order valence-electron chi connectivity index (χ1n) is 7.24. The van der Waals surface area contributed by atoms with Crippen LogP contribution in [0.15, 0.2) is 30.5 Å². The van der Waals surface area contributed by atoms with Crippen molar-refractivity contribution in [2.75, 3.05) is 50.1 Å². The number of rotatable bonds is 3. The molecule has 2 aromatic rings. The molecule has 3 rings (SSSR count). The van der Waals surface area contributed by atoms with E-state index in [1.165, 1.54) is 11.7 Å². The second-order valence-corrected chi connectivity index (χ2v) is 6.05. The molecule has 22 heavy (non-hydrogen) atoms. The standard InChI is InChI=1S/C15H19N5OS/c1-18(2)13-5-3-4-12(10-13)15(21)20-8-6-19(7-9-20)14-11-16-22-17-14/h3-5,10-11H,6-9H2,1-2H3. The minimum atomic E-state index is 0.0970. The lowest BCUT2D eigenvalue weighted by Gasteiger charge is -2.34. The molecule has 0 saturated carbocycles. The predicted octanol–water partition coefficient (Wildman–Crippen LogP) is 1.57. The van der Waals surface area contributed by atoms with Crippen LogP contribution in [0.25, 0.3) is 0 Å². The predicted molar refractivity (Wildman–Crippen MR) is 88.8 cm³/mol. The van der Waals surface area contributed by atoms with Gasteiger partial charge in [-0.3, -0.25) is 4.79 Å². The van der Waals surface area contributed by atoms with Gasteiger partial charge in [0.15, 0.2) is 5.82 Å². The maximum absolute atomic E-state index is 12.6. The van der Waals surface area contributed by atoms with Crippen molar-refractivity contribution in [1.29, 1.82) is 0 Å². The van der Waals surface area contributed by atoms with Crippen molar-refractivity contribution >= 4 is 29.1 Å². The highest BCUT2D eigenvalue weighted by molar-refractivity contribution is 6.99. The summed E-state index contributed by atoms with van der Waals surface area (Å²) in [6, 6.07) is 7.76. The lowest BCUT2D eigenvalue weighted by atomic mass is 10.1. The quantitative estimate of drug-likeness (QED) is 0.860. The zero-order valence-corrected chi connectivity index (χ0v) is 13.6. The summed E-state index contributed by atoms with van der Waals surface area (Å²) in [6.45, 7) is 3.01. The van der Waals surface area contributed by atoms with Crippen LogP contribution >= 0.6 is 11.7 Å². The molecule has 0 atom stereocenters. The number of aromatic nitrogens is 2. The Hall–Kier alpha value is -2.15. The van der Waals surface area contributed by atoms with E-state index in [-0.39, 0.29) is 5.91 Å². The molecule has 1 aliphatic rings. The molecule has 1 aromatic carbocycles. The molecule has 0 N–H and O–H groups in total. The van der Waals surface area contributed by atoms with Gasteiger partial charge < -0.3 is 14.7 Å². The van der Waals surface area contributed by atoms with E-state index in [1.54, 1.807) is 6.20 Å². The second-order valence-electron chi connectivity index (χ2n) is 5.49. The molecule has 116 valence electrons. The summed E-state index contributed by atoms with van der Waals surface area (Å²) in [5.41, 5.74) is 1.79. The zero-order chi connectivity index (χ0) is 15.5. The van der Waals surface area contributed by atoms with Crippen LogP contribution in [0.3, 0.4) is 0 Å². The highest BCUT2D eigenvalue weighted by Crippen LogP contribution is 2.18. The minimum Gasteiger partial charge on any atom is -0.378 e. The first kappa shape index (κ1) is 14.8. The van der Waals surface area contributed by atoms with Gasteiger partial charge in [0.05, 0.1) is 17.9 Å². The molecule has 2 heterocycles. The van der Waals surface area contributed by atoms with Crippen molar-refractivity contribution in [2.45, 2.75) is 0 Å². The molecule has 1 aliphatic heterocycles. The molecular weight excluding hydrogens is 298 g/mol. The smallest absolute Gasteiger partial charge is 0.254 e. The van der Waals surface area contributed by atoms with Crippen LogP contribution in [-0.2, 0) is 0 Å². The molecule has 6 nitrogen and oxygen atoms in total. The van der Waals surface area contributed by atoms with Crippen molar-refractivity contribution in [2.24, 2.45) is 0 Å². The number of carbonyl (C=O) groups is 1. The normalized spacial score (nSPS) is 15.0. The maximum Gasteiger partial charge on any atom is 0.254 e. The Kier molecular flexibility index (Phi) is 4.24. The monoisotopic (exact) mass is 317 g/mol. The van der Waals surface area contributed by atoms with Gasteiger partial charge in [-0.15, -0.1) is 0 Å². The van der Waals surface area contributed by atoms with Gasteiger partial charge in [-0.2, -0.15) is 8.75 Å². The molecule has 0 radical (unpaired) electrons. The highest BCUT2D eigenvalue weighted by Gasteiger charge is 2.23. The van der Waals surface area contributed by atoms with E-state index >= 15 is 0 Å². The van der Waals surface area contributed by atoms with Crippen molar-refractivity contribution in [3.8, 4) is 0 Å². The number of benzene rings is 1. The van der Waals surface area contributed by atoms with E-state index in [4.69, 9.17) is 0 Å². The summed E-state index contributed by atoms with van der Waals surface area (Å²) in [6.07, 6.45) is 1.78. The van der Waals surface area contributed by atoms with Gasteiger partial charge in [-0.05, 0) is 18.2 Å². The fourth-order valence-corrected chi connectivity index (χ4v) is 2.97. The van der Waals surface area contributed by atoms with Crippen LogP contribution < -0.4 is 9.80 Å². The summed E-state index contributed by atoms with van der Waals surface area (Å²) in [5.74, 6) is 1.01. The van der Waals surface area contributed by atoms with Gasteiger partial charge >= 0.3 is 0 Å². The van der Waals surface area contributed by atoms with E-state index < -0.39 is 0 Å². The third-order valence-electron chi connectivity index (χ3n) is 3.85. The third-order valence-corrected chi connectivity index (χ3v) is 4.32. The van der Waals surface area contributed by atoms with Gasteiger partial charge in [0, 0.05) is 51.5 Å². The van der Waals surface area contributed by atoms with Gasteiger partial charge in [0.2, 0.25) is 0 Å². The highest BCUT2D eigenvalue weighted by atomic mass is 32.1. The Labute approximate surface area is 134 Å². The first-order chi connectivity index (χ1) is 10.6. The molecule has 0 unspecified atom stereocenters. The van der Waals surface area contributed by atoms with Gasteiger partial charge in [-0.1, -0.05) is 6.07 Å². The lowest BCUT2D eigenvalue weighted by molar-refractivity contribution is 0.0746. The van der Waals surface area contributed by atoms with E-state index in [0.29, 0.717) is 13.1 Å². The third kappa shape index (κ3) is 3.04. The van der Waals surface area contributed by atoms with Gasteiger partial charge in [-0.25, -0.2) is 0 Å². The Morgan fingerprint density at radius 3 is 2.64 bits per heavy atom. The van der Waals surface area contributed by atoms with Gasteiger partial charge in [0.1, 0.15) is 0 Å². The van der Waals surface area contributed by atoms with Crippen LogP contribution in [0.5, 0.6) is 0 Å². The van der Waals surface area contributed by atoms with Crippen molar-refractivity contribution in [3.05, 3.63) is 36.0 Å². The fraction of sp³-hybridized carbons (Fsp3) is 0.400. The Morgan fingerprint density at radius 2 is 2.00 bits per heavy atom. The zero-order valence-electron chi connectivity index (χ0n) is 12.8. The summed E-state index contributed by atoms with van der Waals surface area (Å²) in [7, 11) is 3.95. The maximum atomic E-state index is 12.6. The molecule has 1 fully saturated rings. The summed E-state index contributed by atoms with van der Waals surface area (Å²) in [5, 5.41) is 0. The van der Waals surface area contributed by atoms with E-state index in [2.05, 4.69) is 13.6 Å². The minimum absolute atomic E-state index is 0.0970. The number of anilines is 2. The van der Waals surface area contributed by atoms with E-state index in [0.717, 1.165) is 30.2 Å². The number of nitrogens with zero attached hydrogens (tertiary/aromatic N) is 5. The van der Waals surface area contributed by atoms with Crippen LogP contribution in [0.2, 0.25) is 0 Å². The Balaban J connectivity index is 1.66. The topological polar surface area (TPSA) is 52.6 Å². The number of amides is 1. The lowest BCUT2D eigenvalue weighted by Crippen LogP contribution is -2.48. The van der Waals surface area contributed by atoms with Crippen LogP contribution in [0.4, 0.5) is 11.5 Å². The van der Waals surface area contributed by atoms with Crippen LogP contribution in [-0.4, -0.2) is 59.8 Å². The average molecular weight is 317 g/mol. The molecule has 0 bridgehead atoms. The molecular formula is C15H19N5OS. The van der Waals surface area contributed by atoms with Crippen molar-refractivity contribution in [1.82, 2.24) is 13.6 Å². The molecule has 7 heteroatoms. The number of hydrogen-bond donors (Lipinski definition) is 0. The van der Waals surface area contributed by atoms with E-state index in [1.807, 2.05) is 48.2 Å². The summed E-state index contributed by atoms with van der Waals surface area (Å²) >= 11 is 1.21. The SMILES string of the molecule is CN(C)c1cccc(C(=O)N2CCN(c3cnsn3)CC2)c1. The molecule has 1 amide bonds. The summed E-state index contributed by atoms with van der Waals surface area (Å²) < 4.78 is 8.28. The largest absolute Gasteiger partial charge is 0.378 e. The van der Waals surface area contributed by atoms with Crippen molar-refractivity contribution in [3.63, 3.8) is 0 Å². The number of carbonyl (C=O) groups excluding carboxylic acids is 1.